The number of hydrogen-bond acceptors (Lipinski definition) is 3. The molecular formula is C29H48O3. The average molecular weight is 445 g/mol. The maximum absolute atomic E-state index is 13.1. The van der Waals surface area contributed by atoms with Crippen LogP contribution in [0, 0.1) is 46.3 Å². The van der Waals surface area contributed by atoms with Gasteiger partial charge in [-0.1, -0.05) is 61.0 Å². The Bertz CT molecular complexity index is 724. The van der Waals surface area contributed by atoms with Crippen LogP contribution in [0.1, 0.15) is 106 Å². The molecule has 0 radical (unpaired) electrons. The number of carbonyl (C=O) groups excluding carboxylic acids is 2. The monoisotopic (exact) mass is 444 g/mol. The molecule has 32 heavy (non-hydrogen) atoms. The van der Waals surface area contributed by atoms with Gasteiger partial charge in [0, 0.05) is 24.2 Å². The predicted octanol–water partition coefficient (Wildman–Crippen LogP) is 6.77. The van der Waals surface area contributed by atoms with Crippen LogP contribution in [-0.2, 0) is 9.59 Å². The van der Waals surface area contributed by atoms with E-state index in [0.717, 1.165) is 37.7 Å². The van der Waals surface area contributed by atoms with E-state index in [0.29, 0.717) is 54.5 Å². The first-order valence-corrected chi connectivity index (χ1v) is 13.3. The first-order valence-electron chi connectivity index (χ1n) is 13.3. The number of hydrogen-bond donors (Lipinski definition) is 1. The van der Waals surface area contributed by atoms with E-state index in [1.165, 1.54) is 12.8 Å². The first-order chi connectivity index (χ1) is 14.9. The molecule has 3 saturated carbocycles. The Morgan fingerprint density at radius 2 is 1.72 bits per heavy atom. The highest BCUT2D eigenvalue weighted by Crippen LogP contribution is 2.57. The summed E-state index contributed by atoms with van der Waals surface area (Å²) in [4.78, 5) is 26.2. The number of rotatable bonds is 8. The van der Waals surface area contributed by atoms with Crippen LogP contribution in [0.25, 0.3) is 0 Å². The molecule has 0 saturated heterocycles. The quantitative estimate of drug-likeness (QED) is 0.420. The third-order valence-electron chi connectivity index (χ3n) is 10.5. The van der Waals surface area contributed by atoms with Crippen molar-refractivity contribution in [1.29, 1.82) is 0 Å². The zero-order valence-electron chi connectivity index (χ0n) is 21.6. The molecule has 2 unspecified atom stereocenters. The highest BCUT2D eigenvalue weighted by atomic mass is 16.3. The highest BCUT2D eigenvalue weighted by molar-refractivity contribution is 5.87. The highest BCUT2D eigenvalue weighted by Gasteiger charge is 2.53. The van der Waals surface area contributed by atoms with Crippen LogP contribution in [0.15, 0.2) is 12.2 Å². The summed E-state index contributed by atoms with van der Waals surface area (Å²) in [5.41, 5.74) is 0.525. The van der Waals surface area contributed by atoms with Crippen molar-refractivity contribution < 1.29 is 14.7 Å². The fraction of sp³-hybridized carbons (Fsp3) is 0.862. The third kappa shape index (κ3) is 4.65. The molecule has 182 valence electrons. The lowest BCUT2D eigenvalue weighted by Crippen LogP contribution is -2.49. The molecule has 0 bridgehead atoms. The van der Waals surface area contributed by atoms with E-state index in [2.05, 4.69) is 48.1 Å². The van der Waals surface area contributed by atoms with Gasteiger partial charge in [-0.15, -0.1) is 0 Å². The number of carbonyl (C=O) groups is 2. The molecule has 8 atom stereocenters. The summed E-state index contributed by atoms with van der Waals surface area (Å²) in [6.45, 7) is 18.0. The second-order valence-corrected chi connectivity index (χ2v) is 12.5. The van der Waals surface area contributed by atoms with Crippen molar-refractivity contribution in [3.8, 4) is 0 Å². The lowest BCUT2D eigenvalue weighted by Gasteiger charge is -2.52. The molecule has 0 heterocycles. The number of fused-ring (bicyclic) bond motifs is 1. The molecule has 0 aromatic carbocycles. The lowest BCUT2D eigenvalue weighted by molar-refractivity contribution is -0.137. The lowest BCUT2D eigenvalue weighted by atomic mass is 9.52. The Labute approximate surface area is 196 Å². The van der Waals surface area contributed by atoms with Crippen LogP contribution in [0.2, 0.25) is 0 Å². The summed E-state index contributed by atoms with van der Waals surface area (Å²) in [6, 6.07) is 0. The number of aliphatic hydroxyl groups is 1. The molecule has 1 N–H and O–H groups in total. The van der Waals surface area contributed by atoms with Gasteiger partial charge in [0.2, 0.25) is 0 Å². The van der Waals surface area contributed by atoms with Crippen LogP contribution in [0.5, 0.6) is 0 Å². The molecule has 3 nitrogen and oxygen atoms in total. The number of aliphatic hydroxyl groups excluding tert-OH is 1. The summed E-state index contributed by atoms with van der Waals surface area (Å²) in [5, 5.41) is 10.4. The van der Waals surface area contributed by atoms with Crippen molar-refractivity contribution >= 4 is 11.6 Å². The predicted molar refractivity (Wildman–Crippen MR) is 131 cm³/mol. The molecule has 3 fully saturated rings. The molecule has 0 aromatic heterocycles. The van der Waals surface area contributed by atoms with E-state index in [9.17, 15) is 14.7 Å². The van der Waals surface area contributed by atoms with Crippen LogP contribution in [0.4, 0.5) is 0 Å². The number of Topliss-reactive ketones (excluding diaryl/α,β-unsaturated/α-hetero) is 2. The molecule has 0 aromatic rings. The minimum absolute atomic E-state index is 0.00681. The maximum Gasteiger partial charge on any atom is 0.139 e. The van der Waals surface area contributed by atoms with Crippen molar-refractivity contribution in [3.63, 3.8) is 0 Å². The van der Waals surface area contributed by atoms with Crippen LogP contribution >= 0.6 is 0 Å². The normalized spacial score (nSPS) is 39.9. The van der Waals surface area contributed by atoms with Crippen molar-refractivity contribution in [2.24, 2.45) is 46.3 Å². The van der Waals surface area contributed by atoms with Gasteiger partial charge in [0.05, 0.1) is 6.10 Å². The van der Waals surface area contributed by atoms with Crippen molar-refractivity contribution in [3.05, 3.63) is 12.2 Å². The van der Waals surface area contributed by atoms with Gasteiger partial charge in [-0.2, -0.15) is 0 Å². The van der Waals surface area contributed by atoms with Crippen LogP contribution in [-0.4, -0.2) is 22.8 Å². The van der Waals surface area contributed by atoms with Gasteiger partial charge in [-0.3, -0.25) is 9.59 Å². The van der Waals surface area contributed by atoms with Crippen molar-refractivity contribution in [1.82, 2.24) is 0 Å². The molecule has 0 aliphatic heterocycles. The summed E-state index contributed by atoms with van der Waals surface area (Å²) < 4.78 is 0. The molecule has 0 amide bonds. The summed E-state index contributed by atoms with van der Waals surface area (Å²) in [5.74, 6) is 3.40. The minimum atomic E-state index is -0.422. The molecule has 3 rings (SSSR count). The average Bonchev–Trinajstić information content (AvgIpc) is 3.03. The van der Waals surface area contributed by atoms with Gasteiger partial charge in [0.15, 0.2) is 0 Å². The van der Waals surface area contributed by atoms with E-state index in [1.54, 1.807) is 0 Å². The zero-order valence-corrected chi connectivity index (χ0v) is 21.6. The minimum Gasteiger partial charge on any atom is -0.389 e. The second kappa shape index (κ2) is 9.72. The van der Waals surface area contributed by atoms with Gasteiger partial charge in [0.1, 0.15) is 11.6 Å². The van der Waals surface area contributed by atoms with E-state index in [4.69, 9.17) is 0 Å². The smallest absolute Gasteiger partial charge is 0.139 e. The van der Waals surface area contributed by atoms with Gasteiger partial charge >= 0.3 is 0 Å². The van der Waals surface area contributed by atoms with E-state index in [-0.39, 0.29) is 22.7 Å². The molecule has 3 heteroatoms. The number of ketones is 2. The Morgan fingerprint density at radius 3 is 2.38 bits per heavy atom. The Hall–Kier alpha value is -0.960. The molecule has 3 aliphatic carbocycles. The Morgan fingerprint density at radius 1 is 1.03 bits per heavy atom. The second-order valence-electron chi connectivity index (χ2n) is 12.5. The van der Waals surface area contributed by atoms with E-state index >= 15 is 0 Å². The van der Waals surface area contributed by atoms with Crippen LogP contribution in [0.3, 0.4) is 0 Å². The van der Waals surface area contributed by atoms with Gasteiger partial charge in [-0.25, -0.2) is 0 Å². The first kappa shape index (κ1) is 25.7. The Balaban J connectivity index is 1.72. The summed E-state index contributed by atoms with van der Waals surface area (Å²) >= 11 is 0. The Kier molecular flexibility index (Phi) is 7.80. The largest absolute Gasteiger partial charge is 0.389 e. The SMILES string of the molecule is C=C1C2CCC(=O)C(CC[C@@]3(C)C(=O)CC[C@@H]3[C@H](C)CC[C@@H](C)C(C)C)[C@@]2(C)CC[C@@H]1O. The molecule has 3 aliphatic rings. The molecule has 0 spiro atoms. The van der Waals surface area contributed by atoms with E-state index in [1.807, 2.05) is 0 Å². The maximum atomic E-state index is 13.1. The van der Waals surface area contributed by atoms with E-state index < -0.39 is 6.10 Å². The van der Waals surface area contributed by atoms with Gasteiger partial charge in [0.25, 0.3) is 0 Å². The topological polar surface area (TPSA) is 54.4 Å². The fourth-order valence-electron chi connectivity index (χ4n) is 7.55. The van der Waals surface area contributed by atoms with Crippen molar-refractivity contribution in [2.75, 3.05) is 0 Å². The van der Waals surface area contributed by atoms with Gasteiger partial charge in [-0.05, 0) is 79.1 Å². The zero-order chi connectivity index (χ0) is 23.8. The summed E-state index contributed by atoms with van der Waals surface area (Å²) in [6.07, 6.45) is 8.34. The summed E-state index contributed by atoms with van der Waals surface area (Å²) in [7, 11) is 0. The van der Waals surface area contributed by atoms with Gasteiger partial charge < -0.3 is 5.11 Å². The standard InChI is InChI=1S/C29H48O3/c1-18(2)19(3)8-9-20(4)22-11-13-27(32)29(22,7)16-14-24-26(31)12-10-23-21(5)25(30)15-17-28(23,24)6/h18-20,22-25,30H,5,8-17H2,1-4,6-7H3/t19-,20-,22-,23?,24?,25+,28+,29-/m1/s1. The fourth-order valence-corrected chi connectivity index (χ4v) is 7.55. The molecular weight excluding hydrogens is 396 g/mol. The van der Waals surface area contributed by atoms with Crippen molar-refractivity contribution in [2.45, 2.75) is 112 Å². The van der Waals surface area contributed by atoms with Crippen LogP contribution < -0.4 is 0 Å². The third-order valence-corrected chi connectivity index (χ3v) is 10.5.